The Balaban J connectivity index is 2.02. The third-order valence-corrected chi connectivity index (χ3v) is 3.39. The molecule has 0 aliphatic rings. The van der Waals surface area contributed by atoms with Crippen LogP contribution in [0, 0.1) is 0 Å². The van der Waals surface area contributed by atoms with E-state index in [2.05, 4.69) is 17.3 Å². The molecule has 1 aromatic heterocycles. The third kappa shape index (κ3) is 4.16. The van der Waals surface area contributed by atoms with Crippen LogP contribution >= 0.6 is 0 Å². The molecule has 0 saturated heterocycles. The molecule has 21 heavy (non-hydrogen) atoms. The first kappa shape index (κ1) is 15.3. The van der Waals surface area contributed by atoms with Crippen molar-refractivity contribution in [1.29, 1.82) is 0 Å². The topological polar surface area (TPSA) is 72.9 Å². The zero-order valence-corrected chi connectivity index (χ0v) is 12.3. The summed E-state index contributed by atoms with van der Waals surface area (Å²) in [5, 5.41) is 7.19. The number of nitrogens with one attached hydrogen (secondary N) is 1. The van der Waals surface area contributed by atoms with Gasteiger partial charge >= 0.3 is 0 Å². The molecule has 3 N–H and O–H groups in total. The molecular formula is C16H22N4O. The summed E-state index contributed by atoms with van der Waals surface area (Å²) in [5.74, 6) is -0.122. The molecular weight excluding hydrogens is 264 g/mol. The van der Waals surface area contributed by atoms with Gasteiger partial charge in [-0.15, -0.1) is 0 Å². The number of nitrogens with zero attached hydrogens (tertiary/aromatic N) is 2. The summed E-state index contributed by atoms with van der Waals surface area (Å²) in [5.41, 5.74) is 7.18. The fourth-order valence-corrected chi connectivity index (χ4v) is 2.13. The average Bonchev–Trinajstić information content (AvgIpc) is 3.02. The maximum Gasteiger partial charge on any atom is 0.254 e. The number of unbranched alkanes of at least 4 members (excludes halogenated alkanes) is 1. The zero-order valence-electron chi connectivity index (χ0n) is 12.3. The van der Waals surface area contributed by atoms with Crippen molar-refractivity contribution in [2.75, 3.05) is 6.54 Å². The van der Waals surface area contributed by atoms with Gasteiger partial charge in [0, 0.05) is 18.8 Å². The lowest BCUT2D eigenvalue weighted by Gasteiger charge is -2.15. The van der Waals surface area contributed by atoms with E-state index in [1.807, 2.05) is 30.3 Å². The van der Waals surface area contributed by atoms with E-state index < -0.39 is 0 Å². The van der Waals surface area contributed by atoms with E-state index in [0.29, 0.717) is 12.1 Å². The van der Waals surface area contributed by atoms with Crippen LogP contribution in [0.1, 0.15) is 36.5 Å². The highest BCUT2D eigenvalue weighted by atomic mass is 16.1. The minimum Gasteiger partial charge on any atom is -0.348 e. The summed E-state index contributed by atoms with van der Waals surface area (Å²) in [6.45, 7) is 2.58. The van der Waals surface area contributed by atoms with Gasteiger partial charge in [-0.3, -0.25) is 4.79 Å². The number of aromatic nitrogens is 2. The fraction of sp³-hybridized carbons (Fsp3) is 0.375. The highest BCUT2D eigenvalue weighted by molar-refractivity contribution is 5.94. The molecule has 1 aromatic carbocycles. The Morgan fingerprint density at radius 1 is 1.38 bits per heavy atom. The van der Waals surface area contributed by atoms with E-state index in [0.717, 1.165) is 24.9 Å². The largest absolute Gasteiger partial charge is 0.348 e. The second-order valence-electron chi connectivity index (χ2n) is 5.06. The summed E-state index contributed by atoms with van der Waals surface area (Å²) in [7, 11) is 0. The Labute approximate surface area is 125 Å². The molecule has 0 fully saturated rings. The first-order valence-electron chi connectivity index (χ1n) is 7.35. The van der Waals surface area contributed by atoms with Crippen molar-refractivity contribution >= 4 is 5.91 Å². The van der Waals surface area contributed by atoms with E-state index in [9.17, 15) is 4.79 Å². The van der Waals surface area contributed by atoms with Crippen molar-refractivity contribution in [3.05, 3.63) is 48.3 Å². The molecule has 1 heterocycles. The molecule has 0 spiro atoms. The lowest BCUT2D eigenvalue weighted by Crippen LogP contribution is -2.40. The predicted molar refractivity (Wildman–Crippen MR) is 83.4 cm³/mol. The smallest absolute Gasteiger partial charge is 0.254 e. The van der Waals surface area contributed by atoms with Gasteiger partial charge in [-0.2, -0.15) is 5.10 Å². The number of carbonyl (C=O) groups excluding carboxylic acids is 1. The number of para-hydroxylation sites is 1. The second-order valence-corrected chi connectivity index (χ2v) is 5.06. The van der Waals surface area contributed by atoms with Crippen molar-refractivity contribution < 1.29 is 4.79 Å². The monoisotopic (exact) mass is 286 g/mol. The lowest BCUT2D eigenvalue weighted by atomic mass is 10.1. The molecule has 2 aromatic rings. The maximum atomic E-state index is 12.2. The van der Waals surface area contributed by atoms with Gasteiger partial charge < -0.3 is 11.1 Å². The summed E-state index contributed by atoms with van der Waals surface area (Å²) in [6.07, 6.45) is 6.38. The van der Waals surface area contributed by atoms with Crippen LogP contribution in [0.25, 0.3) is 5.69 Å². The summed E-state index contributed by atoms with van der Waals surface area (Å²) >= 11 is 0. The molecule has 112 valence electrons. The summed E-state index contributed by atoms with van der Waals surface area (Å²) in [6, 6.07) is 9.73. The fourth-order valence-electron chi connectivity index (χ4n) is 2.13. The van der Waals surface area contributed by atoms with Crippen LogP contribution < -0.4 is 11.1 Å². The molecule has 2 rings (SSSR count). The normalized spacial score (nSPS) is 12.1. The van der Waals surface area contributed by atoms with E-state index in [-0.39, 0.29) is 11.9 Å². The van der Waals surface area contributed by atoms with Crippen LogP contribution in [-0.4, -0.2) is 28.3 Å². The van der Waals surface area contributed by atoms with E-state index in [1.165, 1.54) is 0 Å². The van der Waals surface area contributed by atoms with Gasteiger partial charge in [0.25, 0.3) is 5.91 Å². The number of nitrogens with two attached hydrogens (primary N) is 1. The number of hydrogen-bond donors (Lipinski definition) is 2. The molecule has 0 saturated carbocycles. The van der Waals surface area contributed by atoms with Gasteiger partial charge in [0.15, 0.2) is 0 Å². The predicted octanol–water partition coefficient (Wildman–Crippen LogP) is 2.12. The highest BCUT2D eigenvalue weighted by Gasteiger charge is 2.14. The van der Waals surface area contributed by atoms with Gasteiger partial charge in [0.2, 0.25) is 0 Å². The van der Waals surface area contributed by atoms with Crippen molar-refractivity contribution in [2.45, 2.75) is 32.2 Å². The Bertz CT molecular complexity index is 565. The number of carbonyl (C=O) groups is 1. The summed E-state index contributed by atoms with van der Waals surface area (Å²) < 4.78 is 1.69. The SMILES string of the molecule is CCCCC(CN)NC(=O)c1cnn(-c2ccccc2)c1. The Morgan fingerprint density at radius 3 is 2.81 bits per heavy atom. The Kier molecular flexibility index (Phi) is 5.51. The Morgan fingerprint density at radius 2 is 2.14 bits per heavy atom. The maximum absolute atomic E-state index is 12.2. The zero-order chi connectivity index (χ0) is 15.1. The minimum atomic E-state index is -0.122. The highest BCUT2D eigenvalue weighted by Crippen LogP contribution is 2.08. The van der Waals surface area contributed by atoms with E-state index in [1.54, 1.807) is 17.1 Å². The van der Waals surface area contributed by atoms with Crippen LogP contribution in [0.5, 0.6) is 0 Å². The molecule has 1 unspecified atom stereocenters. The van der Waals surface area contributed by atoms with Gasteiger partial charge in [-0.25, -0.2) is 4.68 Å². The van der Waals surface area contributed by atoms with Crippen LogP contribution in [0.3, 0.4) is 0 Å². The quantitative estimate of drug-likeness (QED) is 0.819. The number of rotatable bonds is 7. The molecule has 1 atom stereocenters. The average molecular weight is 286 g/mol. The van der Waals surface area contributed by atoms with Crippen molar-refractivity contribution in [3.63, 3.8) is 0 Å². The Hall–Kier alpha value is -2.14. The lowest BCUT2D eigenvalue weighted by molar-refractivity contribution is 0.0936. The molecule has 0 radical (unpaired) electrons. The van der Waals surface area contributed by atoms with Crippen LogP contribution in [0.2, 0.25) is 0 Å². The number of benzene rings is 1. The van der Waals surface area contributed by atoms with Crippen molar-refractivity contribution in [2.24, 2.45) is 5.73 Å². The second kappa shape index (κ2) is 7.59. The molecule has 0 bridgehead atoms. The van der Waals surface area contributed by atoms with Crippen LogP contribution in [0.15, 0.2) is 42.7 Å². The minimum absolute atomic E-state index is 0.0255. The van der Waals surface area contributed by atoms with Crippen LogP contribution in [-0.2, 0) is 0 Å². The number of amides is 1. The molecule has 5 nitrogen and oxygen atoms in total. The first-order chi connectivity index (χ1) is 10.2. The van der Waals surface area contributed by atoms with Crippen LogP contribution in [0.4, 0.5) is 0 Å². The molecule has 0 aliphatic carbocycles. The van der Waals surface area contributed by atoms with Gasteiger partial charge in [0.1, 0.15) is 0 Å². The van der Waals surface area contributed by atoms with E-state index >= 15 is 0 Å². The third-order valence-electron chi connectivity index (χ3n) is 3.39. The molecule has 0 aliphatic heterocycles. The van der Waals surface area contributed by atoms with Gasteiger partial charge in [-0.05, 0) is 18.6 Å². The van der Waals surface area contributed by atoms with Crippen molar-refractivity contribution in [1.82, 2.24) is 15.1 Å². The van der Waals surface area contributed by atoms with Crippen molar-refractivity contribution in [3.8, 4) is 5.69 Å². The first-order valence-corrected chi connectivity index (χ1v) is 7.35. The number of hydrogen-bond acceptors (Lipinski definition) is 3. The molecule has 1 amide bonds. The standard InChI is InChI=1S/C16H22N4O/c1-2-3-7-14(10-17)19-16(21)13-11-18-20(12-13)15-8-5-4-6-9-15/h4-6,8-9,11-12,14H,2-3,7,10,17H2,1H3,(H,19,21). The summed E-state index contributed by atoms with van der Waals surface area (Å²) in [4.78, 5) is 12.2. The van der Waals surface area contributed by atoms with Gasteiger partial charge in [0.05, 0.1) is 17.4 Å². The van der Waals surface area contributed by atoms with E-state index in [4.69, 9.17) is 5.73 Å². The van der Waals surface area contributed by atoms with Gasteiger partial charge in [-0.1, -0.05) is 38.0 Å². The molecule has 5 heteroatoms.